The molecule has 2 saturated heterocycles. The van der Waals surface area contributed by atoms with E-state index in [0.29, 0.717) is 5.41 Å². The standard InChI is InChI=1S/C17H26ClN3/c1-17(7-4-8-19-13-17)14-20-9-11-21(12-10-20)16-6-3-2-5-15(16)18/h2-3,5-6,19H,4,7-14H2,1H3. The van der Waals surface area contributed by atoms with Crippen molar-refractivity contribution in [1.82, 2.24) is 10.2 Å². The molecule has 0 radical (unpaired) electrons. The van der Waals surface area contributed by atoms with Gasteiger partial charge in [-0.05, 0) is 36.9 Å². The molecule has 2 heterocycles. The average molecular weight is 308 g/mol. The number of para-hydroxylation sites is 1. The van der Waals surface area contributed by atoms with Crippen LogP contribution in [0.25, 0.3) is 0 Å². The fourth-order valence-corrected chi connectivity index (χ4v) is 3.90. The highest BCUT2D eigenvalue weighted by Crippen LogP contribution is 2.29. The molecule has 2 aliphatic heterocycles. The van der Waals surface area contributed by atoms with Crippen LogP contribution < -0.4 is 10.2 Å². The van der Waals surface area contributed by atoms with Gasteiger partial charge in [-0.3, -0.25) is 4.90 Å². The minimum atomic E-state index is 0.449. The van der Waals surface area contributed by atoms with Crippen molar-refractivity contribution in [3.05, 3.63) is 29.3 Å². The van der Waals surface area contributed by atoms with Gasteiger partial charge in [0.2, 0.25) is 0 Å². The Balaban J connectivity index is 1.54. The smallest absolute Gasteiger partial charge is 0.0639 e. The summed E-state index contributed by atoms with van der Waals surface area (Å²) < 4.78 is 0. The van der Waals surface area contributed by atoms with Gasteiger partial charge in [-0.25, -0.2) is 0 Å². The van der Waals surface area contributed by atoms with E-state index in [1.54, 1.807) is 0 Å². The predicted octanol–water partition coefficient (Wildman–Crippen LogP) is 2.85. The first-order valence-electron chi connectivity index (χ1n) is 8.09. The van der Waals surface area contributed by atoms with Gasteiger partial charge >= 0.3 is 0 Å². The van der Waals surface area contributed by atoms with Crippen molar-refractivity contribution in [2.75, 3.05) is 50.7 Å². The summed E-state index contributed by atoms with van der Waals surface area (Å²) in [5, 5.41) is 4.42. The molecule has 0 saturated carbocycles. The molecule has 1 aromatic carbocycles. The number of halogens is 1. The Hall–Kier alpha value is -0.770. The Morgan fingerprint density at radius 2 is 1.95 bits per heavy atom. The second-order valence-electron chi connectivity index (χ2n) is 6.81. The van der Waals surface area contributed by atoms with E-state index in [9.17, 15) is 0 Å². The molecule has 1 atom stereocenters. The van der Waals surface area contributed by atoms with Crippen LogP contribution in [0.15, 0.2) is 24.3 Å². The molecule has 0 bridgehead atoms. The predicted molar refractivity (Wildman–Crippen MR) is 90.3 cm³/mol. The highest BCUT2D eigenvalue weighted by Gasteiger charge is 2.30. The van der Waals surface area contributed by atoms with Crippen LogP contribution in [0.5, 0.6) is 0 Å². The fourth-order valence-electron chi connectivity index (χ4n) is 3.65. The molecule has 3 nitrogen and oxygen atoms in total. The molecule has 0 aliphatic carbocycles. The van der Waals surface area contributed by atoms with Crippen molar-refractivity contribution in [3.63, 3.8) is 0 Å². The Morgan fingerprint density at radius 1 is 1.19 bits per heavy atom. The van der Waals surface area contributed by atoms with Crippen molar-refractivity contribution < 1.29 is 0 Å². The number of piperidine rings is 1. The van der Waals surface area contributed by atoms with Gasteiger partial charge in [-0.1, -0.05) is 30.7 Å². The molecular formula is C17H26ClN3. The zero-order chi connectivity index (χ0) is 14.7. The summed E-state index contributed by atoms with van der Waals surface area (Å²) >= 11 is 6.31. The van der Waals surface area contributed by atoms with E-state index in [0.717, 1.165) is 37.7 Å². The molecular weight excluding hydrogens is 282 g/mol. The maximum atomic E-state index is 6.31. The Morgan fingerprint density at radius 3 is 2.62 bits per heavy atom. The van der Waals surface area contributed by atoms with Gasteiger partial charge in [-0.2, -0.15) is 0 Å². The molecule has 4 heteroatoms. The summed E-state index contributed by atoms with van der Waals surface area (Å²) in [5.41, 5.74) is 1.63. The summed E-state index contributed by atoms with van der Waals surface area (Å²) in [6.07, 6.45) is 2.67. The molecule has 1 N–H and O–H groups in total. The summed E-state index contributed by atoms with van der Waals surface area (Å²) in [6, 6.07) is 8.18. The van der Waals surface area contributed by atoms with Crippen LogP contribution in [0.3, 0.4) is 0 Å². The third-order valence-electron chi connectivity index (χ3n) is 4.86. The Labute approximate surface area is 133 Å². The van der Waals surface area contributed by atoms with Crippen LogP contribution in [0.1, 0.15) is 19.8 Å². The molecule has 1 aromatic rings. The van der Waals surface area contributed by atoms with Crippen LogP contribution in [-0.2, 0) is 0 Å². The molecule has 0 aromatic heterocycles. The Bertz CT molecular complexity index is 463. The van der Waals surface area contributed by atoms with Crippen LogP contribution in [0.2, 0.25) is 5.02 Å². The second-order valence-corrected chi connectivity index (χ2v) is 7.21. The maximum absolute atomic E-state index is 6.31. The summed E-state index contributed by atoms with van der Waals surface area (Å²) in [4.78, 5) is 5.04. The van der Waals surface area contributed by atoms with Crippen LogP contribution in [0, 0.1) is 5.41 Å². The quantitative estimate of drug-likeness (QED) is 0.926. The fraction of sp³-hybridized carbons (Fsp3) is 0.647. The van der Waals surface area contributed by atoms with E-state index in [4.69, 9.17) is 11.6 Å². The first kappa shape index (κ1) is 15.1. The van der Waals surface area contributed by atoms with Crippen molar-refractivity contribution in [2.45, 2.75) is 19.8 Å². The van der Waals surface area contributed by atoms with Crippen molar-refractivity contribution in [3.8, 4) is 0 Å². The normalized spacial score (nSPS) is 27.8. The third kappa shape index (κ3) is 3.71. The second kappa shape index (κ2) is 6.55. The number of nitrogens with zero attached hydrogens (tertiary/aromatic N) is 2. The van der Waals surface area contributed by atoms with Gasteiger partial charge in [0.15, 0.2) is 0 Å². The lowest BCUT2D eigenvalue weighted by Crippen LogP contribution is -2.52. The summed E-state index contributed by atoms with van der Waals surface area (Å²) in [6.45, 7) is 10.4. The number of benzene rings is 1. The molecule has 0 amide bonds. The molecule has 116 valence electrons. The lowest BCUT2D eigenvalue weighted by atomic mass is 9.82. The van der Waals surface area contributed by atoms with Gasteiger partial charge in [0.05, 0.1) is 10.7 Å². The van der Waals surface area contributed by atoms with E-state index >= 15 is 0 Å². The molecule has 21 heavy (non-hydrogen) atoms. The maximum Gasteiger partial charge on any atom is 0.0639 e. The van der Waals surface area contributed by atoms with Crippen LogP contribution in [0.4, 0.5) is 5.69 Å². The highest BCUT2D eigenvalue weighted by atomic mass is 35.5. The van der Waals surface area contributed by atoms with E-state index in [1.807, 2.05) is 12.1 Å². The molecule has 2 aliphatic rings. The lowest BCUT2D eigenvalue weighted by molar-refractivity contribution is 0.128. The number of piperazine rings is 1. The van der Waals surface area contributed by atoms with Crippen LogP contribution >= 0.6 is 11.6 Å². The largest absolute Gasteiger partial charge is 0.368 e. The Kier molecular flexibility index (Phi) is 4.72. The topological polar surface area (TPSA) is 18.5 Å². The van der Waals surface area contributed by atoms with Crippen molar-refractivity contribution in [1.29, 1.82) is 0 Å². The van der Waals surface area contributed by atoms with Crippen molar-refractivity contribution in [2.24, 2.45) is 5.41 Å². The average Bonchev–Trinajstić information content (AvgIpc) is 2.49. The number of rotatable bonds is 3. The van der Waals surface area contributed by atoms with E-state index in [-0.39, 0.29) is 0 Å². The van der Waals surface area contributed by atoms with Gasteiger partial charge < -0.3 is 10.2 Å². The van der Waals surface area contributed by atoms with Gasteiger partial charge in [-0.15, -0.1) is 0 Å². The lowest BCUT2D eigenvalue weighted by Gasteiger charge is -2.42. The minimum absolute atomic E-state index is 0.449. The van der Waals surface area contributed by atoms with E-state index < -0.39 is 0 Å². The van der Waals surface area contributed by atoms with Crippen molar-refractivity contribution >= 4 is 17.3 Å². The number of hydrogen-bond acceptors (Lipinski definition) is 3. The van der Waals surface area contributed by atoms with E-state index in [2.05, 4.69) is 34.2 Å². The number of hydrogen-bond donors (Lipinski definition) is 1. The highest BCUT2D eigenvalue weighted by molar-refractivity contribution is 6.33. The summed E-state index contributed by atoms with van der Waals surface area (Å²) in [7, 11) is 0. The van der Waals surface area contributed by atoms with Gasteiger partial charge in [0, 0.05) is 39.3 Å². The van der Waals surface area contributed by atoms with Gasteiger partial charge in [0.1, 0.15) is 0 Å². The van der Waals surface area contributed by atoms with E-state index in [1.165, 1.54) is 31.6 Å². The third-order valence-corrected chi connectivity index (χ3v) is 5.18. The first-order chi connectivity index (χ1) is 10.2. The summed E-state index contributed by atoms with van der Waals surface area (Å²) in [5.74, 6) is 0. The van der Waals surface area contributed by atoms with Gasteiger partial charge in [0.25, 0.3) is 0 Å². The molecule has 0 spiro atoms. The number of nitrogens with one attached hydrogen (secondary N) is 1. The zero-order valence-corrected chi connectivity index (χ0v) is 13.7. The monoisotopic (exact) mass is 307 g/mol. The molecule has 1 unspecified atom stereocenters. The minimum Gasteiger partial charge on any atom is -0.368 e. The number of anilines is 1. The van der Waals surface area contributed by atoms with Crippen LogP contribution in [-0.4, -0.2) is 50.7 Å². The zero-order valence-electron chi connectivity index (χ0n) is 12.9. The SMILES string of the molecule is CC1(CN2CCN(c3ccccc3Cl)CC2)CCCNC1. The first-order valence-corrected chi connectivity index (χ1v) is 8.47. The molecule has 2 fully saturated rings. The molecule has 3 rings (SSSR count).